The standard InChI is InChI=1S/C23H22BrN3O4S.H3O4P.2H2O/c1-3-31-23(29)21-19(13-32(30)15-7-5-4-6-8-15)26(2)18-11-17(24)22(28)16(20(18)21)12-27-10-9-25-14-27;1-5(2,3)4;;/h4-11,14,28H,3,12-13H2,1-2H3;(H3,1,2,3,4);2*1H2. The van der Waals surface area contributed by atoms with Crippen LogP contribution < -0.4 is 0 Å². The predicted octanol–water partition coefficient (Wildman–Crippen LogP) is 1.80. The number of aromatic hydroxyl groups is 1. The number of ether oxygens (including phenoxy) is 1. The first-order valence-electron chi connectivity index (χ1n) is 10.8. The lowest BCUT2D eigenvalue weighted by atomic mass is 10.0. The summed E-state index contributed by atoms with van der Waals surface area (Å²) in [5.41, 5.74) is 2.20. The molecule has 0 saturated carbocycles. The highest BCUT2D eigenvalue weighted by molar-refractivity contribution is 9.10. The minimum Gasteiger partial charge on any atom is -0.611 e. The third-order valence-electron chi connectivity index (χ3n) is 5.29. The van der Waals surface area contributed by atoms with Gasteiger partial charge in [0.05, 0.1) is 40.7 Å². The Hall–Kier alpha value is -2.72. The summed E-state index contributed by atoms with van der Waals surface area (Å²) in [4.78, 5) is 39.4. The second-order valence-electron chi connectivity index (χ2n) is 7.73. The van der Waals surface area contributed by atoms with Crippen LogP contribution >= 0.6 is 23.8 Å². The number of imidazole rings is 1. The molecule has 214 valence electrons. The molecule has 0 aliphatic heterocycles. The topological polar surface area (TPSA) is 233 Å². The van der Waals surface area contributed by atoms with Crippen molar-refractivity contribution in [2.24, 2.45) is 7.05 Å². The van der Waals surface area contributed by atoms with Gasteiger partial charge in [-0.05, 0) is 52.2 Å². The molecule has 0 aliphatic carbocycles. The van der Waals surface area contributed by atoms with E-state index >= 15 is 0 Å². The molecule has 13 nitrogen and oxygen atoms in total. The van der Waals surface area contributed by atoms with Crippen LogP contribution in [0.15, 0.2) is 64.5 Å². The third-order valence-corrected chi connectivity index (χ3v) is 7.23. The third kappa shape index (κ3) is 8.63. The summed E-state index contributed by atoms with van der Waals surface area (Å²) in [5.74, 6) is -0.337. The van der Waals surface area contributed by atoms with Gasteiger partial charge in [-0.3, -0.25) is 0 Å². The summed E-state index contributed by atoms with van der Waals surface area (Å²) >= 11 is 2.06. The Kier molecular flexibility index (Phi) is 12.8. The van der Waals surface area contributed by atoms with Crippen molar-refractivity contribution in [2.75, 3.05) is 6.61 Å². The van der Waals surface area contributed by atoms with Crippen molar-refractivity contribution in [3.8, 4) is 5.75 Å². The average molecular weight is 650 g/mol. The normalized spacial score (nSPS) is 11.6. The van der Waals surface area contributed by atoms with E-state index in [9.17, 15) is 14.5 Å². The van der Waals surface area contributed by atoms with Crippen LogP contribution in [0.2, 0.25) is 0 Å². The van der Waals surface area contributed by atoms with E-state index in [0.717, 1.165) is 5.52 Å². The lowest BCUT2D eigenvalue weighted by molar-refractivity contribution is 0.0527. The number of phosphoric acid groups is 1. The number of halogens is 1. The number of hydrogen-bond donors (Lipinski definition) is 4. The molecule has 0 fully saturated rings. The van der Waals surface area contributed by atoms with Gasteiger partial charge in [0.2, 0.25) is 0 Å². The highest BCUT2D eigenvalue weighted by atomic mass is 79.9. The summed E-state index contributed by atoms with van der Waals surface area (Å²) in [5, 5.41) is 11.5. The Bertz CT molecular complexity index is 1420. The Morgan fingerprint density at radius 3 is 2.36 bits per heavy atom. The van der Waals surface area contributed by atoms with Crippen molar-refractivity contribution in [3.63, 3.8) is 0 Å². The molecule has 4 aromatic rings. The zero-order chi connectivity index (χ0) is 27.3. The van der Waals surface area contributed by atoms with Crippen LogP contribution in [0.3, 0.4) is 0 Å². The average Bonchev–Trinajstić information content (AvgIpc) is 3.43. The molecule has 16 heteroatoms. The van der Waals surface area contributed by atoms with Gasteiger partial charge in [0.1, 0.15) is 5.75 Å². The molecule has 2 heterocycles. The first kappa shape index (κ1) is 34.3. The molecule has 0 saturated heterocycles. The van der Waals surface area contributed by atoms with Gasteiger partial charge in [0.25, 0.3) is 0 Å². The smallest absolute Gasteiger partial charge is 0.466 e. The lowest BCUT2D eigenvalue weighted by Gasteiger charge is -2.13. The SMILES string of the molecule is CCOC(=O)c1c(C[S+]([O-])c2ccccc2)n(C)c2cc(Br)c(O)c(Cn3ccnc3)c12.O.O.O=P(O)(O)O. The molecule has 0 spiro atoms. The minimum absolute atomic E-state index is 0. The van der Waals surface area contributed by atoms with E-state index < -0.39 is 25.0 Å². The Morgan fingerprint density at radius 1 is 1.21 bits per heavy atom. The quantitative estimate of drug-likeness (QED) is 0.130. The Balaban J connectivity index is 0.000000998. The van der Waals surface area contributed by atoms with Gasteiger partial charge in [0, 0.05) is 30.4 Å². The molecule has 0 amide bonds. The number of esters is 1. The molecule has 1 unspecified atom stereocenters. The van der Waals surface area contributed by atoms with Crippen LogP contribution in [-0.4, -0.2) is 62.0 Å². The van der Waals surface area contributed by atoms with E-state index in [2.05, 4.69) is 20.9 Å². The zero-order valence-electron chi connectivity index (χ0n) is 20.8. The Morgan fingerprint density at radius 2 is 1.82 bits per heavy atom. The van der Waals surface area contributed by atoms with Crippen molar-refractivity contribution in [1.82, 2.24) is 14.1 Å². The second-order valence-corrected chi connectivity index (χ2v) is 11.1. The number of aromatic nitrogens is 3. The van der Waals surface area contributed by atoms with Crippen molar-refractivity contribution >= 4 is 51.8 Å². The molecule has 0 aliphatic rings. The van der Waals surface area contributed by atoms with Crippen LogP contribution in [0.1, 0.15) is 28.5 Å². The molecule has 8 N–H and O–H groups in total. The van der Waals surface area contributed by atoms with E-state index in [4.69, 9.17) is 24.0 Å². The van der Waals surface area contributed by atoms with Gasteiger partial charge in [-0.15, -0.1) is 0 Å². The fraction of sp³-hybridized carbons (Fsp3) is 0.217. The number of phenolic OH excluding ortho intramolecular Hbond substituents is 1. The molecule has 0 bridgehead atoms. The number of benzene rings is 2. The van der Waals surface area contributed by atoms with Crippen molar-refractivity contribution in [1.29, 1.82) is 0 Å². The summed E-state index contributed by atoms with van der Waals surface area (Å²) in [6, 6.07) is 10.9. The zero-order valence-corrected chi connectivity index (χ0v) is 24.1. The summed E-state index contributed by atoms with van der Waals surface area (Å²) in [6.45, 7) is 2.25. The maximum atomic E-state index is 13.1. The summed E-state index contributed by atoms with van der Waals surface area (Å²) in [6.07, 6.45) is 5.08. The molecule has 1 atom stereocenters. The first-order valence-corrected chi connectivity index (χ1v) is 14.5. The fourth-order valence-electron chi connectivity index (χ4n) is 3.77. The van der Waals surface area contributed by atoms with Gasteiger partial charge in [-0.25, -0.2) is 14.3 Å². The van der Waals surface area contributed by atoms with Crippen LogP contribution in [0.25, 0.3) is 10.9 Å². The van der Waals surface area contributed by atoms with Gasteiger partial charge >= 0.3 is 13.8 Å². The number of aryl methyl sites for hydroxylation is 1. The molecule has 2 aromatic carbocycles. The van der Waals surface area contributed by atoms with Gasteiger partial charge < -0.3 is 49.2 Å². The maximum Gasteiger partial charge on any atom is 0.466 e. The highest BCUT2D eigenvalue weighted by Crippen LogP contribution is 2.40. The number of phenols is 1. The highest BCUT2D eigenvalue weighted by Gasteiger charge is 2.30. The van der Waals surface area contributed by atoms with E-state index in [1.165, 1.54) is 0 Å². The van der Waals surface area contributed by atoms with Gasteiger partial charge in [0.15, 0.2) is 10.6 Å². The number of rotatable bonds is 7. The Labute approximate surface area is 234 Å². The van der Waals surface area contributed by atoms with Crippen LogP contribution in [0.5, 0.6) is 5.75 Å². The number of carbonyl (C=O) groups is 1. The molecule has 39 heavy (non-hydrogen) atoms. The van der Waals surface area contributed by atoms with Crippen LogP contribution in [0, 0.1) is 0 Å². The molecule has 2 aromatic heterocycles. The van der Waals surface area contributed by atoms with E-state index in [-0.39, 0.29) is 29.1 Å². The van der Waals surface area contributed by atoms with E-state index in [1.54, 1.807) is 43.8 Å². The molecular formula is C23H29BrN3O10PS. The van der Waals surface area contributed by atoms with E-state index in [0.29, 0.717) is 38.1 Å². The number of nitrogens with zero attached hydrogens (tertiary/aromatic N) is 3. The molecule has 4 rings (SSSR count). The number of hydrogen-bond acceptors (Lipinski definition) is 6. The first-order chi connectivity index (χ1) is 17.4. The van der Waals surface area contributed by atoms with Gasteiger partial charge in [-0.2, -0.15) is 0 Å². The second kappa shape index (κ2) is 14.6. The van der Waals surface area contributed by atoms with Crippen LogP contribution in [0.4, 0.5) is 0 Å². The largest absolute Gasteiger partial charge is 0.611 e. The van der Waals surface area contributed by atoms with Crippen molar-refractivity contribution in [3.05, 3.63) is 76.4 Å². The monoisotopic (exact) mass is 649 g/mol. The van der Waals surface area contributed by atoms with Crippen LogP contribution in [-0.2, 0) is 39.8 Å². The number of carbonyl (C=O) groups excluding carboxylic acids is 1. The fourth-order valence-corrected chi connectivity index (χ4v) is 5.44. The lowest BCUT2D eigenvalue weighted by Crippen LogP contribution is -2.14. The summed E-state index contributed by atoms with van der Waals surface area (Å²) in [7, 11) is -2.81. The van der Waals surface area contributed by atoms with Crippen molar-refractivity contribution < 1.29 is 49.4 Å². The molecule has 0 radical (unpaired) electrons. The van der Waals surface area contributed by atoms with Gasteiger partial charge in [-0.1, -0.05) is 18.2 Å². The van der Waals surface area contributed by atoms with E-state index in [1.807, 2.05) is 34.4 Å². The molecular weight excluding hydrogens is 621 g/mol. The maximum absolute atomic E-state index is 13.1. The minimum atomic E-state index is -4.64. The van der Waals surface area contributed by atoms with Crippen molar-refractivity contribution in [2.45, 2.75) is 24.1 Å². The number of fused-ring (bicyclic) bond motifs is 1. The summed E-state index contributed by atoms with van der Waals surface area (Å²) < 4.78 is 31.5. The predicted molar refractivity (Wildman–Crippen MR) is 148 cm³/mol.